The third-order valence-corrected chi connectivity index (χ3v) is 6.15. The van der Waals surface area contributed by atoms with Crippen LogP contribution in [0.2, 0.25) is 5.02 Å². The van der Waals surface area contributed by atoms with E-state index in [0.29, 0.717) is 33.9 Å². The quantitative estimate of drug-likeness (QED) is 0.793. The standard InChI is InChI=1S/C17H19ClO3/c1-20-11-6-5-10(17(21-2)15(11)18)16(19)14-12-8-3-4-9(7-8)13(12)14/h5-6,8-9,12-14H,3-4,7H2,1-2H3. The first-order valence-corrected chi connectivity index (χ1v) is 7.99. The van der Waals surface area contributed by atoms with Crippen LogP contribution in [-0.4, -0.2) is 20.0 Å². The number of ketones is 1. The maximum atomic E-state index is 12.9. The van der Waals surface area contributed by atoms with Gasteiger partial charge in [0.1, 0.15) is 10.8 Å². The minimum Gasteiger partial charge on any atom is -0.495 e. The topological polar surface area (TPSA) is 35.5 Å². The molecule has 3 saturated carbocycles. The highest BCUT2D eigenvalue weighted by Crippen LogP contribution is 2.70. The van der Waals surface area contributed by atoms with E-state index in [0.717, 1.165) is 11.8 Å². The number of halogens is 1. The number of hydrogen-bond donors (Lipinski definition) is 0. The minimum absolute atomic E-state index is 0.203. The lowest BCUT2D eigenvalue weighted by Crippen LogP contribution is -2.11. The minimum atomic E-state index is 0.203. The summed E-state index contributed by atoms with van der Waals surface area (Å²) in [6.45, 7) is 0. The Hall–Kier alpha value is -1.22. The summed E-state index contributed by atoms with van der Waals surface area (Å²) in [6.07, 6.45) is 3.98. The molecule has 4 atom stereocenters. The molecule has 0 radical (unpaired) electrons. The van der Waals surface area contributed by atoms with Gasteiger partial charge in [-0.1, -0.05) is 11.6 Å². The second kappa shape index (κ2) is 4.64. The highest BCUT2D eigenvalue weighted by atomic mass is 35.5. The van der Waals surface area contributed by atoms with Crippen LogP contribution >= 0.6 is 11.6 Å². The molecule has 21 heavy (non-hydrogen) atoms. The molecule has 3 fully saturated rings. The Morgan fingerprint density at radius 2 is 1.81 bits per heavy atom. The molecule has 1 aromatic rings. The van der Waals surface area contributed by atoms with E-state index in [4.69, 9.17) is 21.1 Å². The van der Waals surface area contributed by atoms with Gasteiger partial charge in [0.25, 0.3) is 0 Å². The predicted octanol–water partition coefficient (Wildman–Crippen LogP) is 3.83. The summed E-state index contributed by atoms with van der Waals surface area (Å²) in [7, 11) is 3.11. The van der Waals surface area contributed by atoms with Crippen molar-refractivity contribution in [1.82, 2.24) is 0 Å². The Morgan fingerprint density at radius 3 is 2.38 bits per heavy atom. The van der Waals surface area contributed by atoms with Gasteiger partial charge in [0.15, 0.2) is 11.5 Å². The molecule has 3 aliphatic rings. The molecular weight excluding hydrogens is 288 g/mol. The number of Topliss-reactive ketones (excluding diaryl/α,β-unsaturated/α-hetero) is 1. The van der Waals surface area contributed by atoms with E-state index in [1.54, 1.807) is 26.4 Å². The Labute approximate surface area is 129 Å². The van der Waals surface area contributed by atoms with Gasteiger partial charge < -0.3 is 9.47 Å². The molecule has 4 rings (SSSR count). The fourth-order valence-corrected chi connectivity index (χ4v) is 5.26. The summed E-state index contributed by atoms with van der Waals surface area (Å²) in [6, 6.07) is 3.55. The van der Waals surface area contributed by atoms with Crippen LogP contribution in [0.25, 0.3) is 0 Å². The van der Waals surface area contributed by atoms with Gasteiger partial charge in [-0.15, -0.1) is 0 Å². The number of ether oxygens (including phenoxy) is 2. The van der Waals surface area contributed by atoms with Crippen molar-refractivity contribution in [2.24, 2.45) is 29.6 Å². The van der Waals surface area contributed by atoms with Crippen molar-refractivity contribution in [3.05, 3.63) is 22.7 Å². The van der Waals surface area contributed by atoms with Gasteiger partial charge in [-0.05, 0) is 55.1 Å². The lowest BCUT2D eigenvalue weighted by molar-refractivity contribution is 0.0941. The number of hydrogen-bond acceptors (Lipinski definition) is 3. The van der Waals surface area contributed by atoms with Crippen molar-refractivity contribution in [2.45, 2.75) is 19.3 Å². The zero-order chi connectivity index (χ0) is 14.7. The number of carbonyl (C=O) groups is 1. The van der Waals surface area contributed by atoms with Gasteiger partial charge in [-0.25, -0.2) is 0 Å². The van der Waals surface area contributed by atoms with Crippen LogP contribution in [0, 0.1) is 29.6 Å². The molecule has 0 spiro atoms. The average Bonchev–Trinajstić information content (AvgIpc) is 2.93. The third-order valence-electron chi connectivity index (χ3n) is 5.79. The van der Waals surface area contributed by atoms with E-state index in [1.807, 2.05) is 0 Å². The Balaban J connectivity index is 1.65. The van der Waals surface area contributed by atoms with Crippen LogP contribution in [0.5, 0.6) is 11.5 Å². The Bertz CT molecular complexity index is 596. The number of benzene rings is 1. The van der Waals surface area contributed by atoms with Gasteiger partial charge in [0, 0.05) is 5.92 Å². The summed E-state index contributed by atoms with van der Waals surface area (Å²) in [5.41, 5.74) is 0.613. The molecule has 0 aromatic heterocycles. The second-order valence-electron chi connectivity index (χ2n) is 6.54. The summed E-state index contributed by atoms with van der Waals surface area (Å²) < 4.78 is 10.6. The van der Waals surface area contributed by atoms with E-state index in [9.17, 15) is 4.79 Å². The lowest BCUT2D eigenvalue weighted by atomic mass is 9.95. The molecule has 0 heterocycles. The maximum Gasteiger partial charge on any atom is 0.170 e. The smallest absolute Gasteiger partial charge is 0.170 e. The van der Waals surface area contributed by atoms with E-state index < -0.39 is 0 Å². The molecule has 0 N–H and O–H groups in total. The van der Waals surface area contributed by atoms with Gasteiger partial charge in [-0.3, -0.25) is 4.79 Å². The van der Waals surface area contributed by atoms with Crippen molar-refractivity contribution in [2.75, 3.05) is 14.2 Å². The van der Waals surface area contributed by atoms with Crippen molar-refractivity contribution in [3.8, 4) is 11.5 Å². The fourth-order valence-electron chi connectivity index (χ4n) is 4.94. The van der Waals surface area contributed by atoms with Crippen molar-refractivity contribution < 1.29 is 14.3 Å². The lowest BCUT2D eigenvalue weighted by Gasteiger charge is -2.14. The third kappa shape index (κ3) is 1.76. The summed E-state index contributed by atoms with van der Waals surface area (Å²) in [5.74, 6) is 4.24. The second-order valence-corrected chi connectivity index (χ2v) is 6.92. The normalized spacial score (nSPS) is 35.5. The Morgan fingerprint density at radius 1 is 1.14 bits per heavy atom. The maximum absolute atomic E-state index is 12.9. The van der Waals surface area contributed by atoms with Gasteiger partial charge in [0.05, 0.1) is 19.8 Å². The molecule has 4 unspecified atom stereocenters. The number of fused-ring (bicyclic) bond motifs is 5. The van der Waals surface area contributed by atoms with Crippen molar-refractivity contribution >= 4 is 17.4 Å². The molecule has 0 aliphatic heterocycles. The summed E-state index contributed by atoms with van der Waals surface area (Å²) in [5, 5.41) is 0.389. The first-order valence-electron chi connectivity index (χ1n) is 7.62. The zero-order valence-corrected chi connectivity index (χ0v) is 13.0. The van der Waals surface area contributed by atoms with Gasteiger partial charge in [0.2, 0.25) is 0 Å². The Kier molecular flexibility index (Phi) is 2.97. The van der Waals surface area contributed by atoms with Crippen molar-refractivity contribution in [1.29, 1.82) is 0 Å². The monoisotopic (exact) mass is 306 g/mol. The largest absolute Gasteiger partial charge is 0.495 e. The number of rotatable bonds is 4. The van der Waals surface area contributed by atoms with Crippen LogP contribution in [0.3, 0.4) is 0 Å². The first kappa shape index (κ1) is 13.4. The molecule has 0 saturated heterocycles. The molecular formula is C17H19ClO3. The van der Waals surface area contributed by atoms with Crippen LogP contribution < -0.4 is 9.47 Å². The predicted molar refractivity (Wildman–Crippen MR) is 80.2 cm³/mol. The summed E-state index contributed by atoms with van der Waals surface area (Å²) >= 11 is 6.27. The average molecular weight is 307 g/mol. The van der Waals surface area contributed by atoms with Crippen LogP contribution in [0.1, 0.15) is 29.6 Å². The van der Waals surface area contributed by atoms with Crippen LogP contribution in [-0.2, 0) is 0 Å². The molecule has 4 heteroatoms. The SMILES string of the molecule is COc1ccc(C(=O)C2C3C4CCC(C4)C23)c(OC)c1Cl. The van der Waals surface area contributed by atoms with Crippen molar-refractivity contribution in [3.63, 3.8) is 0 Å². The fraction of sp³-hybridized carbons (Fsp3) is 0.588. The van der Waals surface area contributed by atoms with Gasteiger partial charge >= 0.3 is 0 Å². The van der Waals surface area contributed by atoms with E-state index in [1.165, 1.54) is 19.3 Å². The summed E-state index contributed by atoms with van der Waals surface area (Å²) in [4.78, 5) is 12.9. The zero-order valence-electron chi connectivity index (χ0n) is 12.3. The van der Waals surface area contributed by atoms with E-state index >= 15 is 0 Å². The molecule has 3 aliphatic carbocycles. The van der Waals surface area contributed by atoms with Crippen LogP contribution in [0.15, 0.2) is 12.1 Å². The highest BCUT2D eigenvalue weighted by Gasteiger charge is 2.67. The first-order chi connectivity index (χ1) is 10.2. The molecule has 3 nitrogen and oxygen atoms in total. The molecule has 112 valence electrons. The number of carbonyl (C=O) groups excluding carboxylic acids is 1. The highest BCUT2D eigenvalue weighted by molar-refractivity contribution is 6.34. The number of methoxy groups -OCH3 is 2. The van der Waals surface area contributed by atoms with E-state index in [-0.39, 0.29) is 11.7 Å². The molecule has 2 bridgehead atoms. The molecule has 1 aromatic carbocycles. The molecule has 0 amide bonds. The van der Waals surface area contributed by atoms with Gasteiger partial charge in [-0.2, -0.15) is 0 Å². The van der Waals surface area contributed by atoms with E-state index in [2.05, 4.69) is 0 Å². The van der Waals surface area contributed by atoms with Crippen LogP contribution in [0.4, 0.5) is 0 Å².